The molecule has 4 aromatic rings. The summed E-state index contributed by atoms with van der Waals surface area (Å²) in [5.74, 6) is 0.0620. The molecule has 0 fully saturated rings. The highest BCUT2D eigenvalue weighted by Crippen LogP contribution is 2.45. The Morgan fingerprint density at radius 2 is 1.73 bits per heavy atom. The van der Waals surface area contributed by atoms with E-state index in [0.29, 0.717) is 22.8 Å². The van der Waals surface area contributed by atoms with E-state index >= 15 is 0 Å². The molecule has 0 saturated carbocycles. The zero-order chi connectivity index (χ0) is 32.1. The summed E-state index contributed by atoms with van der Waals surface area (Å²) in [5, 5.41) is 9.98. The fourth-order valence-electron chi connectivity index (χ4n) is 4.98. The minimum atomic E-state index is -0.570. The maximum atomic E-state index is 13.3. The average molecular weight is 605 g/mol. The molecule has 228 valence electrons. The smallest absolute Gasteiger partial charge is 0.336 e. The van der Waals surface area contributed by atoms with E-state index in [2.05, 4.69) is 26.8 Å². The van der Waals surface area contributed by atoms with Gasteiger partial charge in [-0.15, -0.1) is 0 Å². The molecule has 1 aliphatic heterocycles. The van der Waals surface area contributed by atoms with Crippen LogP contribution in [-0.4, -0.2) is 13.1 Å². The number of fused-ring (bicyclic) bond motifs is 1. The van der Waals surface area contributed by atoms with Gasteiger partial charge in [-0.3, -0.25) is 0 Å². The van der Waals surface area contributed by atoms with Crippen LogP contribution in [0.15, 0.2) is 102 Å². The molecule has 8 heteroatoms. The monoisotopic (exact) mass is 604 g/mol. The first-order chi connectivity index (χ1) is 21.5. The summed E-state index contributed by atoms with van der Waals surface area (Å²) >= 11 is 0. The lowest BCUT2D eigenvalue weighted by Crippen LogP contribution is -2.21. The van der Waals surface area contributed by atoms with Crippen molar-refractivity contribution in [2.24, 2.45) is 5.73 Å². The lowest BCUT2D eigenvalue weighted by atomic mass is 9.83. The maximum absolute atomic E-state index is 13.3. The van der Waals surface area contributed by atoms with Crippen LogP contribution < -0.4 is 24.7 Å². The number of esters is 1. The minimum absolute atomic E-state index is 0.0391. The second-order valence-electron chi connectivity index (χ2n) is 11.6. The molecule has 0 amide bonds. The number of hydrogen-bond donors (Lipinski definition) is 1. The van der Waals surface area contributed by atoms with Crippen LogP contribution in [0.1, 0.15) is 54.5 Å². The first kappa shape index (κ1) is 30.9. The van der Waals surface area contributed by atoms with Gasteiger partial charge in [0.2, 0.25) is 5.88 Å². The van der Waals surface area contributed by atoms with E-state index in [1.165, 1.54) is 30.9 Å². The number of carbonyl (C=O) groups excluding carboxylic acids is 1. The quantitative estimate of drug-likeness (QED) is 0.126. The van der Waals surface area contributed by atoms with Crippen molar-refractivity contribution in [3.8, 4) is 29.1 Å². The Bertz CT molecular complexity index is 1810. The van der Waals surface area contributed by atoms with E-state index in [-0.39, 0.29) is 35.0 Å². The van der Waals surface area contributed by atoms with Crippen molar-refractivity contribution in [1.29, 1.82) is 5.26 Å². The SMILES string of the molecule is COc1cc(C2C(C#N)=C(N)Oc3cc(OC(=O)/C=C/c4ccc(C(C)(C)C)cc4)ccc32)ccc1OCc1ccc(F)cc1. The molecular formula is C37H33FN2O5. The lowest BCUT2D eigenvalue weighted by Gasteiger charge is -2.27. The van der Waals surface area contributed by atoms with Crippen LogP contribution in [0, 0.1) is 17.1 Å². The standard InChI is InChI=1S/C37H33FN2O5/c1-37(2,3)26-11-5-23(6-12-26)9-18-34(41)44-28-15-16-29-32(20-28)45-36(40)30(21-39)35(29)25-10-17-31(33(19-25)42-4)43-22-24-7-13-27(38)14-8-24/h5-20,35H,22,40H2,1-4H3/b18-9+. The third kappa shape index (κ3) is 7.16. The van der Waals surface area contributed by atoms with Crippen molar-refractivity contribution in [1.82, 2.24) is 0 Å². The highest BCUT2D eigenvalue weighted by Gasteiger charge is 2.31. The normalized spacial score (nSPS) is 14.4. The number of rotatable bonds is 8. The van der Waals surface area contributed by atoms with E-state index in [1.54, 1.807) is 48.5 Å². The number of ether oxygens (including phenoxy) is 4. The molecule has 5 rings (SSSR count). The largest absolute Gasteiger partial charge is 0.493 e. The molecule has 0 spiro atoms. The van der Waals surface area contributed by atoms with Gasteiger partial charge in [0.25, 0.3) is 0 Å². The summed E-state index contributed by atoms with van der Waals surface area (Å²) in [6, 6.07) is 26.5. The van der Waals surface area contributed by atoms with Crippen molar-refractivity contribution < 1.29 is 28.1 Å². The van der Waals surface area contributed by atoms with Crippen LogP contribution in [0.3, 0.4) is 0 Å². The number of allylic oxidation sites excluding steroid dienone is 1. The molecule has 1 aliphatic rings. The summed E-state index contributed by atoms with van der Waals surface area (Å²) < 4.78 is 36.1. The molecule has 0 aliphatic carbocycles. The highest BCUT2D eigenvalue weighted by molar-refractivity contribution is 5.88. The van der Waals surface area contributed by atoms with Gasteiger partial charge in [0.1, 0.15) is 35.6 Å². The van der Waals surface area contributed by atoms with Crippen molar-refractivity contribution in [2.75, 3.05) is 7.11 Å². The summed E-state index contributed by atoms with van der Waals surface area (Å²) in [6.07, 6.45) is 3.06. The van der Waals surface area contributed by atoms with Crippen LogP contribution in [0.4, 0.5) is 4.39 Å². The second kappa shape index (κ2) is 13.0. The molecule has 1 atom stereocenters. The number of hydrogen-bond acceptors (Lipinski definition) is 7. The van der Waals surface area contributed by atoms with Gasteiger partial charge in [-0.1, -0.05) is 69.3 Å². The summed E-state index contributed by atoms with van der Waals surface area (Å²) in [4.78, 5) is 12.6. The maximum Gasteiger partial charge on any atom is 0.336 e. The molecule has 1 heterocycles. The first-order valence-electron chi connectivity index (χ1n) is 14.3. The lowest BCUT2D eigenvalue weighted by molar-refractivity contribution is -0.128. The third-order valence-corrected chi connectivity index (χ3v) is 7.43. The Kier molecular flexibility index (Phi) is 8.91. The van der Waals surface area contributed by atoms with E-state index in [1.807, 2.05) is 30.3 Å². The molecular weight excluding hydrogens is 571 g/mol. The third-order valence-electron chi connectivity index (χ3n) is 7.43. The predicted octanol–water partition coefficient (Wildman–Crippen LogP) is 7.55. The molecule has 0 aromatic heterocycles. The van der Waals surface area contributed by atoms with Gasteiger partial charge in [-0.05, 0) is 64.1 Å². The van der Waals surface area contributed by atoms with Gasteiger partial charge in [-0.2, -0.15) is 5.26 Å². The van der Waals surface area contributed by atoms with Crippen LogP contribution in [-0.2, 0) is 16.8 Å². The molecule has 7 nitrogen and oxygen atoms in total. The molecule has 1 unspecified atom stereocenters. The Balaban J connectivity index is 1.35. The first-order valence-corrected chi connectivity index (χ1v) is 14.3. The zero-order valence-electron chi connectivity index (χ0n) is 25.5. The number of nitrogens with zero attached hydrogens (tertiary/aromatic N) is 1. The topological polar surface area (TPSA) is 104 Å². The van der Waals surface area contributed by atoms with Crippen LogP contribution in [0.5, 0.6) is 23.0 Å². The van der Waals surface area contributed by atoms with E-state index in [9.17, 15) is 14.4 Å². The van der Waals surface area contributed by atoms with Crippen LogP contribution >= 0.6 is 0 Å². The number of methoxy groups -OCH3 is 1. The summed E-state index contributed by atoms with van der Waals surface area (Å²) in [5.41, 5.74) is 10.7. The highest BCUT2D eigenvalue weighted by atomic mass is 19.1. The minimum Gasteiger partial charge on any atom is -0.493 e. The Labute approximate surface area is 261 Å². The van der Waals surface area contributed by atoms with Crippen molar-refractivity contribution in [3.05, 3.63) is 136 Å². The van der Waals surface area contributed by atoms with Crippen LogP contribution in [0.25, 0.3) is 6.08 Å². The fourth-order valence-corrected chi connectivity index (χ4v) is 4.98. The molecule has 0 saturated heterocycles. The van der Waals surface area contributed by atoms with E-state index in [4.69, 9.17) is 24.7 Å². The fraction of sp³-hybridized carbons (Fsp3) is 0.189. The number of benzene rings is 4. The predicted molar refractivity (Wildman–Crippen MR) is 169 cm³/mol. The Hall–Kier alpha value is -5.55. The zero-order valence-corrected chi connectivity index (χ0v) is 25.5. The Morgan fingerprint density at radius 1 is 1.00 bits per heavy atom. The summed E-state index contributed by atoms with van der Waals surface area (Å²) in [7, 11) is 1.52. The number of nitrogens with two attached hydrogens (primary N) is 1. The van der Waals surface area contributed by atoms with E-state index < -0.39 is 11.9 Å². The van der Waals surface area contributed by atoms with Crippen molar-refractivity contribution in [3.63, 3.8) is 0 Å². The Morgan fingerprint density at radius 3 is 2.40 bits per heavy atom. The van der Waals surface area contributed by atoms with Crippen molar-refractivity contribution in [2.45, 2.75) is 38.7 Å². The molecule has 2 N–H and O–H groups in total. The molecule has 4 aromatic carbocycles. The second-order valence-corrected chi connectivity index (χ2v) is 11.6. The van der Waals surface area contributed by atoms with Gasteiger partial charge < -0.3 is 24.7 Å². The summed E-state index contributed by atoms with van der Waals surface area (Å²) in [6.45, 7) is 6.65. The molecule has 45 heavy (non-hydrogen) atoms. The average Bonchev–Trinajstić information content (AvgIpc) is 3.02. The van der Waals surface area contributed by atoms with Crippen LogP contribution in [0.2, 0.25) is 0 Å². The molecule has 0 radical (unpaired) electrons. The van der Waals surface area contributed by atoms with Gasteiger partial charge in [0.05, 0.1) is 13.0 Å². The van der Waals surface area contributed by atoms with Gasteiger partial charge in [-0.25, -0.2) is 9.18 Å². The number of halogens is 1. The van der Waals surface area contributed by atoms with Gasteiger partial charge >= 0.3 is 5.97 Å². The van der Waals surface area contributed by atoms with Gasteiger partial charge in [0.15, 0.2) is 11.5 Å². The molecule has 0 bridgehead atoms. The van der Waals surface area contributed by atoms with Gasteiger partial charge in [0, 0.05) is 17.7 Å². The van der Waals surface area contributed by atoms with Crippen molar-refractivity contribution >= 4 is 12.0 Å². The number of carbonyl (C=O) groups is 1. The van der Waals surface area contributed by atoms with E-state index in [0.717, 1.165) is 16.7 Å². The number of nitriles is 1.